The smallest absolute Gasteiger partial charge is 0.273 e. The lowest BCUT2D eigenvalue weighted by Gasteiger charge is -1.93. The molecule has 9 heteroatoms. The van der Waals surface area contributed by atoms with Crippen LogP contribution < -0.4 is 39.7 Å². The summed E-state index contributed by atoms with van der Waals surface area (Å²) in [7, 11) is 0. The number of nitrogens with zero attached hydrogens (tertiary/aromatic N) is 3. The van der Waals surface area contributed by atoms with Crippen molar-refractivity contribution in [2.75, 3.05) is 0 Å². The maximum atomic E-state index is 11.1. The van der Waals surface area contributed by atoms with Crippen molar-refractivity contribution in [3.8, 4) is 10.0 Å². The Hall–Kier alpha value is -2.48. The summed E-state index contributed by atoms with van der Waals surface area (Å²) in [6.45, 7) is 0. The maximum Gasteiger partial charge on any atom is 0.273 e. The highest BCUT2D eigenvalue weighted by Gasteiger charge is 2.16. The van der Waals surface area contributed by atoms with Gasteiger partial charge in [-0.25, -0.2) is 0 Å². The van der Waals surface area contributed by atoms with E-state index in [4.69, 9.17) is 10.9 Å². The number of oxime groups is 1. The van der Waals surface area contributed by atoms with E-state index in [-0.39, 0.29) is 24.8 Å². The first-order chi connectivity index (χ1) is 11.2. The van der Waals surface area contributed by atoms with Crippen LogP contribution in [0.4, 0.5) is 0 Å². The molecular weight excluding hydrogens is 383 g/mol. The summed E-state index contributed by atoms with van der Waals surface area (Å²) >= 11 is 1.60. The number of hydrogen-bond donors (Lipinski definition) is 2. The number of nitrogens with two attached hydrogens (primary N) is 1. The average molecular weight is 397 g/mol. The van der Waals surface area contributed by atoms with Crippen LogP contribution in [0.15, 0.2) is 66.3 Å². The molecule has 0 aliphatic heterocycles. The molecule has 3 heterocycles. The first kappa shape index (κ1) is 20.6. The molecule has 0 radical (unpaired) electrons. The molecule has 0 atom stereocenters. The summed E-state index contributed by atoms with van der Waals surface area (Å²) in [6, 6.07) is 11.1. The van der Waals surface area contributed by atoms with Crippen LogP contribution in [-0.2, 0) is 0 Å². The minimum Gasteiger partial charge on any atom is -1.00 e. The molecule has 0 aliphatic rings. The summed E-state index contributed by atoms with van der Waals surface area (Å²) in [4.78, 5) is 11.1. The molecule has 3 N–H and O–H groups in total. The lowest BCUT2D eigenvalue weighted by atomic mass is 10.2. The minimum atomic E-state index is -0.439. The van der Waals surface area contributed by atoms with Gasteiger partial charge in [0, 0.05) is 42.0 Å². The molecule has 3 aromatic heterocycles. The van der Waals surface area contributed by atoms with Crippen molar-refractivity contribution in [1.29, 1.82) is 0 Å². The van der Waals surface area contributed by atoms with E-state index in [0.717, 1.165) is 15.6 Å². The second-order valence-corrected chi connectivity index (χ2v) is 5.79. The number of carbonyl (C=O) groups excluding carboxylic acids is 1. The number of halogens is 2. The average Bonchev–Trinajstić information content (AvgIpc) is 3.06. The number of amides is 1. The van der Waals surface area contributed by atoms with Crippen molar-refractivity contribution in [1.82, 2.24) is 0 Å². The molecule has 0 fully saturated rings. The molecule has 0 bridgehead atoms. The van der Waals surface area contributed by atoms with Crippen LogP contribution in [0, 0.1) is 0 Å². The first-order valence-corrected chi connectivity index (χ1v) is 7.59. The zero-order valence-corrected chi connectivity index (χ0v) is 15.1. The van der Waals surface area contributed by atoms with Crippen LogP contribution in [0.5, 0.6) is 0 Å². The quantitative estimate of drug-likeness (QED) is 0.201. The van der Waals surface area contributed by atoms with Crippen molar-refractivity contribution in [3.05, 3.63) is 72.3 Å². The van der Waals surface area contributed by atoms with Gasteiger partial charge in [0.15, 0.2) is 24.8 Å². The van der Waals surface area contributed by atoms with Crippen molar-refractivity contribution >= 4 is 23.5 Å². The fourth-order valence-corrected chi connectivity index (χ4v) is 3.01. The van der Waals surface area contributed by atoms with Gasteiger partial charge in [0.25, 0.3) is 10.0 Å². The Morgan fingerprint density at radius 2 is 1.44 bits per heavy atom. The van der Waals surface area contributed by atoms with Gasteiger partial charge in [-0.15, -0.1) is 0 Å². The molecule has 0 spiro atoms. The molecule has 0 aliphatic carbocycles. The number of thiophene rings is 1. The molecule has 0 saturated carbocycles. The number of carbonyl (C=O) groups is 1. The summed E-state index contributed by atoms with van der Waals surface area (Å²) in [6.07, 6.45) is 8.78. The molecule has 6 nitrogen and oxygen atoms in total. The van der Waals surface area contributed by atoms with Gasteiger partial charge in [-0.1, -0.05) is 5.16 Å². The SMILES string of the molecule is NC(=O)c1cc[n+](-c2ccc(-[n+]3ccc(/C=N/O)cc3)s2)cc1.[Cl-].[Cl-]. The number of aromatic nitrogens is 2. The molecule has 3 aromatic rings. The third-order valence-corrected chi connectivity index (χ3v) is 4.37. The van der Waals surface area contributed by atoms with E-state index >= 15 is 0 Å². The fourth-order valence-electron chi connectivity index (χ4n) is 2.07. The predicted molar refractivity (Wildman–Crippen MR) is 85.3 cm³/mol. The van der Waals surface area contributed by atoms with Gasteiger partial charge in [-0.2, -0.15) is 9.13 Å². The molecule has 3 rings (SSSR count). The summed E-state index contributed by atoms with van der Waals surface area (Å²) in [5, 5.41) is 13.6. The monoisotopic (exact) mass is 396 g/mol. The van der Waals surface area contributed by atoms with E-state index in [0.29, 0.717) is 5.56 Å². The Morgan fingerprint density at radius 1 is 0.960 bits per heavy atom. The Balaban J connectivity index is 0.00000156. The summed E-state index contributed by atoms with van der Waals surface area (Å²) < 4.78 is 3.90. The van der Waals surface area contributed by atoms with Crippen molar-refractivity contribution in [3.63, 3.8) is 0 Å². The van der Waals surface area contributed by atoms with Crippen LogP contribution in [-0.4, -0.2) is 17.3 Å². The van der Waals surface area contributed by atoms with E-state index < -0.39 is 5.91 Å². The van der Waals surface area contributed by atoms with E-state index in [2.05, 4.69) is 5.16 Å². The van der Waals surface area contributed by atoms with Crippen molar-refractivity contribution in [2.45, 2.75) is 0 Å². The second kappa shape index (κ2) is 9.12. The Morgan fingerprint density at radius 3 is 1.88 bits per heavy atom. The highest BCUT2D eigenvalue weighted by molar-refractivity contribution is 7.15. The molecule has 0 saturated heterocycles. The first-order valence-electron chi connectivity index (χ1n) is 6.78. The third-order valence-electron chi connectivity index (χ3n) is 3.26. The Bertz CT molecular complexity index is 865. The number of primary amides is 1. The largest absolute Gasteiger partial charge is 1.00 e. The van der Waals surface area contributed by atoms with Gasteiger partial charge in [0.1, 0.15) is 0 Å². The van der Waals surface area contributed by atoms with Crippen LogP contribution in [0.2, 0.25) is 0 Å². The summed E-state index contributed by atoms with van der Waals surface area (Å²) in [5.41, 5.74) is 6.54. The standard InChI is InChI=1S/C16H12N4O2S.2ClH/c17-16(21)13-5-9-20(10-6-13)15-2-1-14(23-15)19-7-3-12(4-8-19)11-18-22;;/h1-11H,(H-,17,21);2*1H. The maximum absolute atomic E-state index is 11.1. The van der Waals surface area contributed by atoms with E-state index in [9.17, 15) is 4.79 Å². The molecule has 130 valence electrons. The van der Waals surface area contributed by atoms with Crippen molar-refractivity contribution < 1.29 is 44.0 Å². The Labute approximate surface area is 160 Å². The zero-order chi connectivity index (χ0) is 16.2. The van der Waals surface area contributed by atoms with Gasteiger partial charge in [-0.3, -0.25) is 4.79 Å². The molecule has 1 amide bonds. The van der Waals surface area contributed by atoms with Crippen LogP contribution in [0.1, 0.15) is 15.9 Å². The van der Waals surface area contributed by atoms with Gasteiger partial charge in [0.05, 0.1) is 11.8 Å². The highest BCUT2D eigenvalue weighted by atomic mass is 35.5. The molecule has 0 aromatic carbocycles. The molecule has 25 heavy (non-hydrogen) atoms. The number of rotatable bonds is 4. The van der Waals surface area contributed by atoms with E-state index in [1.54, 1.807) is 35.9 Å². The molecule has 0 unspecified atom stereocenters. The lowest BCUT2D eigenvalue weighted by molar-refractivity contribution is -0.594. The normalized spacial score (nSPS) is 10.1. The van der Waals surface area contributed by atoms with E-state index in [1.165, 1.54) is 6.21 Å². The number of hydrogen-bond acceptors (Lipinski definition) is 4. The predicted octanol–water partition coefficient (Wildman–Crippen LogP) is -4.78. The highest BCUT2D eigenvalue weighted by Crippen LogP contribution is 2.16. The zero-order valence-electron chi connectivity index (χ0n) is 12.8. The summed E-state index contributed by atoms with van der Waals surface area (Å²) in [5.74, 6) is -0.439. The van der Waals surface area contributed by atoms with Gasteiger partial charge < -0.3 is 35.8 Å². The second-order valence-electron chi connectivity index (χ2n) is 4.75. The fraction of sp³-hybridized carbons (Fsp3) is 0. The van der Waals surface area contributed by atoms with Gasteiger partial charge in [-0.05, 0) is 11.3 Å². The van der Waals surface area contributed by atoms with Crippen molar-refractivity contribution in [2.24, 2.45) is 10.9 Å². The Kier molecular flexibility index (Phi) is 7.50. The minimum absolute atomic E-state index is 0. The topological polar surface area (TPSA) is 83.4 Å². The van der Waals surface area contributed by atoms with Crippen LogP contribution >= 0.6 is 11.3 Å². The van der Waals surface area contributed by atoms with Crippen LogP contribution in [0.3, 0.4) is 0 Å². The van der Waals surface area contributed by atoms with E-state index in [1.807, 2.05) is 45.8 Å². The lowest BCUT2D eigenvalue weighted by Crippen LogP contribution is -3.00. The van der Waals surface area contributed by atoms with Crippen LogP contribution in [0.25, 0.3) is 10.0 Å². The number of pyridine rings is 2. The van der Waals surface area contributed by atoms with Gasteiger partial charge >= 0.3 is 0 Å². The van der Waals surface area contributed by atoms with Gasteiger partial charge in [0.2, 0.25) is 5.91 Å². The molecular formula is C16H14Cl2N4O2S. The third kappa shape index (κ3) is 4.76.